The quantitative estimate of drug-likeness (QED) is 0.402. The number of carbonyl (C=O) groups excluding carboxylic acids is 1. The number of rotatable bonds is 7. The Kier molecular flexibility index (Phi) is 6.60. The van der Waals surface area contributed by atoms with Crippen LogP contribution in [0.15, 0.2) is 41.4 Å². The van der Waals surface area contributed by atoms with Crippen molar-refractivity contribution in [2.75, 3.05) is 23.9 Å². The average molecular weight is 472 g/mol. The van der Waals surface area contributed by atoms with Gasteiger partial charge in [0, 0.05) is 36.8 Å². The van der Waals surface area contributed by atoms with Gasteiger partial charge in [0.25, 0.3) is 5.91 Å². The normalized spacial score (nSPS) is 11.7. The van der Waals surface area contributed by atoms with Crippen LogP contribution in [0.4, 0.5) is 23.1 Å². The first-order chi connectivity index (χ1) is 15.4. The molecular formula is C21H25N7O4S. The zero-order chi connectivity index (χ0) is 24.4. The minimum Gasteiger partial charge on any atom is -0.386 e. The molecule has 11 nitrogen and oxygen atoms in total. The third kappa shape index (κ3) is 5.79. The number of nitrogens with one attached hydrogen (secondary N) is 3. The third-order valence-electron chi connectivity index (χ3n) is 4.61. The van der Waals surface area contributed by atoms with Crippen LogP contribution >= 0.6 is 0 Å². The van der Waals surface area contributed by atoms with Gasteiger partial charge in [0.1, 0.15) is 16.5 Å². The SMILES string of the molecule is CNC(=O)c1nnc(Nc2ccc(C(C)(C)O)cn2)cc1Nc1nc(C)ccc1S(C)(=O)=O. The minimum atomic E-state index is -3.59. The summed E-state index contributed by atoms with van der Waals surface area (Å²) in [7, 11) is -2.15. The maximum absolute atomic E-state index is 12.3. The van der Waals surface area contributed by atoms with Crippen molar-refractivity contribution in [1.29, 1.82) is 0 Å². The molecule has 12 heteroatoms. The lowest BCUT2D eigenvalue weighted by atomic mass is 10.0. The van der Waals surface area contributed by atoms with E-state index in [-0.39, 0.29) is 27.9 Å². The van der Waals surface area contributed by atoms with E-state index in [2.05, 4.69) is 36.1 Å². The van der Waals surface area contributed by atoms with Crippen molar-refractivity contribution >= 4 is 38.9 Å². The van der Waals surface area contributed by atoms with Crippen LogP contribution in [0.25, 0.3) is 0 Å². The highest BCUT2D eigenvalue weighted by Gasteiger charge is 2.20. The molecule has 4 N–H and O–H groups in total. The Morgan fingerprint density at radius 2 is 1.79 bits per heavy atom. The summed E-state index contributed by atoms with van der Waals surface area (Å²) < 4.78 is 24.4. The van der Waals surface area contributed by atoms with Crippen molar-refractivity contribution in [3.05, 3.63) is 53.5 Å². The Morgan fingerprint density at radius 1 is 1.06 bits per heavy atom. The Morgan fingerprint density at radius 3 is 2.36 bits per heavy atom. The number of anilines is 4. The second-order valence-electron chi connectivity index (χ2n) is 7.88. The number of aryl methyl sites for hydroxylation is 1. The van der Waals surface area contributed by atoms with E-state index in [0.717, 1.165) is 6.26 Å². The van der Waals surface area contributed by atoms with E-state index in [4.69, 9.17) is 0 Å². The van der Waals surface area contributed by atoms with Crippen molar-refractivity contribution < 1.29 is 18.3 Å². The molecule has 0 aliphatic rings. The second-order valence-corrected chi connectivity index (χ2v) is 9.87. The molecule has 1 amide bonds. The number of aromatic nitrogens is 4. The molecule has 0 fully saturated rings. The molecule has 174 valence electrons. The summed E-state index contributed by atoms with van der Waals surface area (Å²) in [6.45, 7) is 5.03. The summed E-state index contributed by atoms with van der Waals surface area (Å²) in [5.74, 6) is 0.232. The fourth-order valence-electron chi connectivity index (χ4n) is 2.86. The van der Waals surface area contributed by atoms with Crippen LogP contribution in [0.5, 0.6) is 0 Å². The molecule has 33 heavy (non-hydrogen) atoms. The van der Waals surface area contributed by atoms with Gasteiger partial charge in [-0.2, -0.15) is 0 Å². The summed E-state index contributed by atoms with van der Waals surface area (Å²) in [4.78, 5) is 20.8. The first kappa shape index (κ1) is 24.0. The van der Waals surface area contributed by atoms with Crippen molar-refractivity contribution in [2.45, 2.75) is 31.3 Å². The summed E-state index contributed by atoms with van der Waals surface area (Å²) in [6.07, 6.45) is 2.61. The fourth-order valence-corrected chi connectivity index (χ4v) is 3.62. The van der Waals surface area contributed by atoms with Gasteiger partial charge in [-0.05, 0) is 39.0 Å². The number of hydrogen-bond donors (Lipinski definition) is 4. The van der Waals surface area contributed by atoms with Crippen LogP contribution in [0.2, 0.25) is 0 Å². The Bertz CT molecular complexity index is 1290. The van der Waals surface area contributed by atoms with E-state index in [9.17, 15) is 18.3 Å². The van der Waals surface area contributed by atoms with Crippen LogP contribution in [0.1, 0.15) is 35.6 Å². The first-order valence-electron chi connectivity index (χ1n) is 9.89. The maximum Gasteiger partial charge on any atom is 0.273 e. The zero-order valence-electron chi connectivity index (χ0n) is 18.8. The van der Waals surface area contributed by atoms with E-state index in [1.165, 1.54) is 25.4 Å². The van der Waals surface area contributed by atoms with Gasteiger partial charge in [-0.25, -0.2) is 18.4 Å². The van der Waals surface area contributed by atoms with Crippen molar-refractivity contribution in [2.24, 2.45) is 0 Å². The van der Waals surface area contributed by atoms with Crippen LogP contribution in [0.3, 0.4) is 0 Å². The van der Waals surface area contributed by atoms with Gasteiger partial charge < -0.3 is 21.1 Å². The van der Waals surface area contributed by atoms with Crippen molar-refractivity contribution in [1.82, 2.24) is 25.5 Å². The maximum atomic E-state index is 12.3. The second kappa shape index (κ2) is 9.08. The number of amides is 1. The molecule has 0 unspecified atom stereocenters. The number of pyridine rings is 2. The predicted octanol–water partition coefficient (Wildman–Crippen LogP) is 2.05. The molecule has 3 aromatic heterocycles. The molecular weight excluding hydrogens is 446 g/mol. The number of carbonyl (C=O) groups is 1. The Hall–Kier alpha value is -3.64. The summed E-state index contributed by atoms with van der Waals surface area (Å²) in [6, 6.07) is 7.91. The van der Waals surface area contributed by atoms with Crippen molar-refractivity contribution in [3.8, 4) is 0 Å². The van der Waals surface area contributed by atoms with Gasteiger partial charge in [0.2, 0.25) is 0 Å². The van der Waals surface area contributed by atoms with E-state index in [1.807, 2.05) is 0 Å². The molecule has 0 aromatic carbocycles. The van der Waals surface area contributed by atoms with Gasteiger partial charge in [0.15, 0.2) is 21.3 Å². The van der Waals surface area contributed by atoms with Crippen molar-refractivity contribution in [3.63, 3.8) is 0 Å². The number of nitrogens with zero attached hydrogens (tertiary/aromatic N) is 4. The molecule has 0 aliphatic carbocycles. The molecule has 0 bridgehead atoms. The number of hydrogen-bond acceptors (Lipinski definition) is 10. The molecule has 3 heterocycles. The largest absolute Gasteiger partial charge is 0.386 e. The Labute approximate surface area is 191 Å². The molecule has 0 aliphatic heterocycles. The smallest absolute Gasteiger partial charge is 0.273 e. The third-order valence-corrected chi connectivity index (χ3v) is 5.74. The van der Waals surface area contributed by atoms with E-state index in [0.29, 0.717) is 17.1 Å². The fraction of sp³-hybridized carbons (Fsp3) is 0.286. The highest BCUT2D eigenvalue weighted by molar-refractivity contribution is 7.90. The first-order valence-corrected chi connectivity index (χ1v) is 11.8. The standard InChI is InChI=1S/C21H25N7O4S/c1-12-6-8-15(33(5,31)32)19(24-12)25-14-10-17(27-28-18(14)20(29)22-4)26-16-9-7-13(11-23-16)21(2,3)30/h6-11,30H,1-5H3,(H,22,29)(H2,23,24,25,26,27). The summed E-state index contributed by atoms with van der Waals surface area (Å²) >= 11 is 0. The van der Waals surface area contributed by atoms with Crippen LogP contribution in [-0.2, 0) is 15.4 Å². The van der Waals surface area contributed by atoms with E-state index < -0.39 is 21.3 Å². The number of aliphatic hydroxyl groups is 1. The molecule has 0 saturated carbocycles. The molecule has 3 aromatic rings. The molecule has 0 radical (unpaired) electrons. The van der Waals surface area contributed by atoms with Crippen LogP contribution in [-0.4, -0.2) is 52.9 Å². The average Bonchev–Trinajstić information content (AvgIpc) is 2.72. The molecule has 0 atom stereocenters. The lowest BCUT2D eigenvalue weighted by Gasteiger charge is -2.17. The van der Waals surface area contributed by atoms with Crippen LogP contribution < -0.4 is 16.0 Å². The zero-order valence-corrected chi connectivity index (χ0v) is 19.6. The summed E-state index contributed by atoms with van der Waals surface area (Å²) in [5, 5.41) is 26.4. The Balaban J connectivity index is 2.00. The predicted molar refractivity (Wildman–Crippen MR) is 124 cm³/mol. The molecule has 0 saturated heterocycles. The molecule has 0 spiro atoms. The van der Waals surface area contributed by atoms with Gasteiger partial charge in [-0.3, -0.25) is 4.79 Å². The van der Waals surface area contributed by atoms with E-state index >= 15 is 0 Å². The number of sulfone groups is 1. The van der Waals surface area contributed by atoms with Crippen LogP contribution in [0, 0.1) is 6.92 Å². The van der Waals surface area contributed by atoms with Gasteiger partial charge in [-0.15, -0.1) is 10.2 Å². The summed E-state index contributed by atoms with van der Waals surface area (Å²) in [5.41, 5.74) is 0.340. The highest BCUT2D eigenvalue weighted by atomic mass is 32.2. The van der Waals surface area contributed by atoms with Gasteiger partial charge in [-0.1, -0.05) is 6.07 Å². The van der Waals surface area contributed by atoms with Gasteiger partial charge in [0.05, 0.1) is 11.3 Å². The highest BCUT2D eigenvalue weighted by Crippen LogP contribution is 2.27. The molecule has 3 rings (SSSR count). The topological polar surface area (TPSA) is 159 Å². The minimum absolute atomic E-state index is 0.0221. The lowest BCUT2D eigenvalue weighted by molar-refractivity contribution is 0.0782. The van der Waals surface area contributed by atoms with Gasteiger partial charge >= 0.3 is 0 Å². The lowest BCUT2D eigenvalue weighted by Crippen LogP contribution is -2.22. The van der Waals surface area contributed by atoms with E-state index in [1.54, 1.807) is 39.0 Å². The monoisotopic (exact) mass is 471 g/mol.